The van der Waals surface area contributed by atoms with Crippen molar-refractivity contribution in [1.82, 2.24) is 0 Å². The predicted octanol–water partition coefficient (Wildman–Crippen LogP) is 8.55. The maximum absolute atomic E-state index is 14.2. The van der Waals surface area contributed by atoms with Crippen LogP contribution >= 0.6 is 14.7 Å². The topological polar surface area (TPSA) is 96.0 Å². The quantitative estimate of drug-likeness (QED) is 0.0868. The third-order valence-electron chi connectivity index (χ3n) is 7.92. The van der Waals surface area contributed by atoms with Gasteiger partial charge < -0.3 is 13.8 Å². The Labute approximate surface area is 278 Å². The average Bonchev–Trinajstić information content (AvgIpc) is 3.03. The molecule has 47 heavy (non-hydrogen) atoms. The van der Waals surface area contributed by atoms with Gasteiger partial charge in [0.1, 0.15) is 0 Å². The van der Waals surface area contributed by atoms with E-state index < -0.39 is 25.8 Å². The minimum absolute atomic E-state index is 0.0608. The van der Waals surface area contributed by atoms with E-state index in [0.717, 1.165) is 33.4 Å². The highest BCUT2D eigenvalue weighted by Gasteiger charge is 2.39. The van der Waals surface area contributed by atoms with Crippen molar-refractivity contribution in [2.24, 2.45) is 0 Å². The molecule has 4 rings (SSSR count). The van der Waals surface area contributed by atoms with Crippen molar-refractivity contribution in [2.45, 2.75) is 54.4 Å². The fraction of sp³-hybridized carbons (Fsp3) is 0.316. The van der Waals surface area contributed by atoms with Crippen LogP contribution in [0.15, 0.2) is 84.9 Å². The number of aryl methyl sites for hydroxylation is 6. The van der Waals surface area contributed by atoms with E-state index in [-0.39, 0.29) is 13.2 Å². The molecule has 4 aromatic rings. The Morgan fingerprint density at radius 2 is 0.830 bits per heavy atom. The maximum Gasteiger partial charge on any atom is 0.300 e. The number of carbonyl (C=O) groups is 2. The summed E-state index contributed by atoms with van der Waals surface area (Å²) in [6, 6.07) is 24.9. The molecule has 0 aliphatic carbocycles. The van der Waals surface area contributed by atoms with Gasteiger partial charge in [-0.05, 0) is 101 Å². The highest BCUT2D eigenvalue weighted by atomic mass is 31.2. The molecule has 9 heteroatoms. The number of hydrogen-bond acceptors (Lipinski definition) is 7. The van der Waals surface area contributed by atoms with E-state index in [1.165, 1.54) is 0 Å². The van der Waals surface area contributed by atoms with Crippen molar-refractivity contribution in [1.29, 1.82) is 0 Å². The Hall–Kier alpha value is -3.44. The molecule has 0 amide bonds. The van der Waals surface area contributed by atoms with Crippen LogP contribution in [0.3, 0.4) is 0 Å². The summed E-state index contributed by atoms with van der Waals surface area (Å²) in [5, 5.41) is 0.715. The van der Waals surface area contributed by atoms with Crippen LogP contribution in [0.4, 0.5) is 0 Å². The summed E-state index contributed by atoms with van der Waals surface area (Å²) in [4.78, 5) is 27.5. The third kappa shape index (κ3) is 8.54. The first-order chi connectivity index (χ1) is 22.4. The minimum atomic E-state index is -3.89. The van der Waals surface area contributed by atoms with Crippen LogP contribution in [0.1, 0.15) is 66.9 Å². The molecule has 0 aliphatic rings. The molecule has 0 saturated carbocycles. The zero-order valence-corrected chi connectivity index (χ0v) is 29.9. The number of hydrogen-bond donors (Lipinski definition) is 0. The van der Waals surface area contributed by atoms with Crippen LogP contribution < -0.4 is 10.6 Å². The molecular formula is C38H44O7P2. The summed E-state index contributed by atoms with van der Waals surface area (Å²) < 4.78 is 46.0. The van der Waals surface area contributed by atoms with E-state index in [1.807, 2.05) is 65.8 Å². The number of rotatable bonds is 16. The largest absolute Gasteiger partial charge is 0.381 e. The zero-order valence-electron chi connectivity index (χ0n) is 28.1. The van der Waals surface area contributed by atoms with E-state index >= 15 is 0 Å². The monoisotopic (exact) mass is 674 g/mol. The van der Waals surface area contributed by atoms with Gasteiger partial charge in [-0.25, -0.2) is 0 Å². The van der Waals surface area contributed by atoms with Gasteiger partial charge in [0.15, 0.2) is 0 Å². The van der Waals surface area contributed by atoms with Gasteiger partial charge in [-0.2, -0.15) is 0 Å². The van der Waals surface area contributed by atoms with Crippen molar-refractivity contribution >= 4 is 36.4 Å². The SMILES string of the molecule is Cc1cc(C)c(C(=O)P(=O)(OCCCOCCCOP(=O)(C(=O)c2c(C)cc(C)cc2C)c2ccccc2)c2ccccc2)c(C)c1. The zero-order chi connectivity index (χ0) is 34.2. The van der Waals surface area contributed by atoms with Crippen LogP contribution in [0, 0.1) is 41.5 Å². The van der Waals surface area contributed by atoms with Crippen molar-refractivity contribution in [3.8, 4) is 0 Å². The Morgan fingerprint density at radius 1 is 0.511 bits per heavy atom. The Kier molecular flexibility index (Phi) is 12.5. The summed E-state index contributed by atoms with van der Waals surface area (Å²) in [7, 11) is -7.78. The highest BCUT2D eigenvalue weighted by Crippen LogP contribution is 2.51. The summed E-state index contributed by atoms with van der Waals surface area (Å²) in [5.41, 5.74) is 4.95. The fourth-order valence-electron chi connectivity index (χ4n) is 5.89. The molecule has 2 atom stereocenters. The normalized spacial score (nSPS) is 13.9. The van der Waals surface area contributed by atoms with Crippen LogP contribution in [0.5, 0.6) is 0 Å². The van der Waals surface area contributed by atoms with Gasteiger partial charge >= 0.3 is 14.7 Å². The summed E-state index contributed by atoms with van der Waals surface area (Å²) in [6.07, 6.45) is 0.813. The number of ether oxygens (including phenoxy) is 1. The molecule has 4 aromatic carbocycles. The molecule has 0 aromatic heterocycles. The predicted molar refractivity (Wildman–Crippen MR) is 189 cm³/mol. The lowest BCUT2D eigenvalue weighted by molar-refractivity contribution is 0.0993. The highest BCUT2D eigenvalue weighted by molar-refractivity contribution is 7.84. The molecular weight excluding hydrogens is 630 g/mol. The smallest absolute Gasteiger partial charge is 0.300 e. The molecule has 0 aliphatic heterocycles. The van der Waals surface area contributed by atoms with E-state index in [4.69, 9.17) is 13.8 Å². The Balaban J connectivity index is 1.33. The van der Waals surface area contributed by atoms with Gasteiger partial charge in [0.05, 0.1) is 13.2 Å². The van der Waals surface area contributed by atoms with Crippen molar-refractivity contribution in [3.05, 3.63) is 129 Å². The summed E-state index contributed by atoms with van der Waals surface area (Å²) in [5.74, 6) is 0. The Morgan fingerprint density at radius 3 is 1.15 bits per heavy atom. The van der Waals surface area contributed by atoms with Crippen LogP contribution in [0.25, 0.3) is 0 Å². The second-order valence-corrected chi connectivity index (χ2v) is 16.5. The first kappa shape index (κ1) is 36.4. The minimum Gasteiger partial charge on any atom is -0.381 e. The van der Waals surface area contributed by atoms with E-state index in [9.17, 15) is 18.7 Å². The van der Waals surface area contributed by atoms with Gasteiger partial charge in [-0.1, -0.05) is 71.8 Å². The van der Waals surface area contributed by atoms with Gasteiger partial charge in [-0.15, -0.1) is 0 Å². The summed E-state index contributed by atoms with van der Waals surface area (Å²) in [6.45, 7) is 12.0. The lowest BCUT2D eigenvalue weighted by atomic mass is 10.0. The molecule has 0 spiro atoms. The number of carbonyl (C=O) groups excluding carboxylic acids is 2. The molecule has 0 bridgehead atoms. The van der Waals surface area contributed by atoms with E-state index in [2.05, 4.69) is 0 Å². The van der Waals surface area contributed by atoms with Crippen LogP contribution in [-0.4, -0.2) is 37.5 Å². The van der Waals surface area contributed by atoms with Gasteiger partial charge in [0, 0.05) is 34.9 Å². The van der Waals surface area contributed by atoms with E-state index in [0.29, 0.717) is 47.8 Å². The standard InChI is InChI=1S/C38H44O7P2/c1-27-23-29(3)35(30(4)24-27)37(39)46(41,33-15-9-7-10-16-33)44-21-13-19-43-20-14-22-45-47(42,34-17-11-8-12-18-34)38(40)36-31(5)25-28(2)26-32(36)6/h7-12,15-18,23-26H,13-14,19-22H2,1-6H3. The van der Waals surface area contributed by atoms with Crippen molar-refractivity contribution in [2.75, 3.05) is 26.4 Å². The Bertz CT molecular complexity index is 1640. The second kappa shape index (κ2) is 16.1. The molecule has 0 N–H and O–H groups in total. The first-order valence-corrected chi connectivity index (χ1v) is 19.1. The average molecular weight is 675 g/mol. The lowest BCUT2D eigenvalue weighted by Crippen LogP contribution is -2.19. The molecule has 0 fully saturated rings. The van der Waals surface area contributed by atoms with Gasteiger partial charge in [-0.3, -0.25) is 18.7 Å². The molecule has 7 nitrogen and oxygen atoms in total. The molecule has 0 radical (unpaired) electrons. The number of benzene rings is 4. The lowest BCUT2D eigenvalue weighted by Gasteiger charge is -2.21. The van der Waals surface area contributed by atoms with E-state index in [1.54, 1.807) is 60.7 Å². The molecule has 248 valence electrons. The van der Waals surface area contributed by atoms with Crippen LogP contribution in [-0.2, 0) is 22.9 Å². The van der Waals surface area contributed by atoms with Crippen molar-refractivity contribution in [3.63, 3.8) is 0 Å². The second-order valence-electron chi connectivity index (χ2n) is 11.9. The first-order valence-electron chi connectivity index (χ1n) is 15.8. The third-order valence-corrected chi connectivity index (χ3v) is 12.5. The van der Waals surface area contributed by atoms with Gasteiger partial charge in [0.2, 0.25) is 0 Å². The molecule has 0 heterocycles. The molecule has 2 unspecified atom stereocenters. The molecule has 0 saturated heterocycles. The fourth-order valence-corrected chi connectivity index (χ4v) is 10.1. The van der Waals surface area contributed by atoms with Gasteiger partial charge in [0.25, 0.3) is 11.0 Å². The maximum atomic E-state index is 14.2. The van der Waals surface area contributed by atoms with Crippen LogP contribution in [0.2, 0.25) is 0 Å². The van der Waals surface area contributed by atoms with Crippen molar-refractivity contribution < 1.29 is 32.5 Å². The summed E-state index contributed by atoms with van der Waals surface area (Å²) >= 11 is 0.